The van der Waals surface area contributed by atoms with E-state index in [0.29, 0.717) is 12.1 Å². The molecule has 7 heterocycles. The van der Waals surface area contributed by atoms with Gasteiger partial charge in [-0.3, -0.25) is 0 Å². The summed E-state index contributed by atoms with van der Waals surface area (Å²) in [7, 11) is 0. The van der Waals surface area contributed by atoms with Crippen molar-refractivity contribution in [2.45, 2.75) is 205 Å². The molecule has 240 valence electrons. The molecule has 10 bridgehead atoms. The van der Waals surface area contributed by atoms with Gasteiger partial charge in [0, 0.05) is 59.7 Å². The minimum Gasteiger partial charge on any atom is -0.365 e. The van der Waals surface area contributed by atoms with E-state index in [2.05, 4.69) is 62.0 Å². The normalized spacial score (nSPS) is 43.3. The van der Waals surface area contributed by atoms with Crippen molar-refractivity contribution in [3.8, 4) is 0 Å². The highest BCUT2D eigenvalue weighted by molar-refractivity contribution is 5.27. The first-order valence-electron chi connectivity index (χ1n) is 19.4. The summed E-state index contributed by atoms with van der Waals surface area (Å²) in [6.07, 6.45) is 24.8. The molecule has 12 atom stereocenters. The van der Waals surface area contributed by atoms with Crippen molar-refractivity contribution in [2.75, 3.05) is 0 Å². The van der Waals surface area contributed by atoms with E-state index in [1.54, 1.807) is 11.4 Å². The first-order valence-corrected chi connectivity index (χ1v) is 19.4. The second kappa shape index (κ2) is 13.7. The zero-order valence-corrected chi connectivity index (χ0v) is 28.6. The highest BCUT2D eigenvalue weighted by Gasteiger charge is 2.55. The van der Waals surface area contributed by atoms with Gasteiger partial charge in [-0.2, -0.15) is 0 Å². The molecular weight excluding hydrogens is 512 g/mol. The molecule has 0 aromatic rings. The van der Waals surface area contributed by atoms with Gasteiger partial charge in [0.2, 0.25) is 0 Å². The first kappa shape index (κ1) is 31.3. The van der Waals surface area contributed by atoms with E-state index in [9.17, 15) is 0 Å². The van der Waals surface area contributed by atoms with E-state index in [1.807, 2.05) is 0 Å². The molecule has 7 aliphatic rings. The number of nitrogens with zero attached hydrogens (tertiary/aromatic N) is 2. The van der Waals surface area contributed by atoms with E-state index in [-0.39, 0.29) is 0 Å². The van der Waals surface area contributed by atoms with Gasteiger partial charge in [0.05, 0.1) is 0 Å². The van der Waals surface area contributed by atoms with Gasteiger partial charge in [0.25, 0.3) is 0 Å². The molecule has 0 aromatic carbocycles. The second-order valence-electron chi connectivity index (χ2n) is 15.7. The van der Waals surface area contributed by atoms with Gasteiger partial charge in [-0.05, 0) is 114 Å². The van der Waals surface area contributed by atoms with Gasteiger partial charge in [-0.1, -0.05) is 67.2 Å². The van der Waals surface area contributed by atoms with Crippen LogP contribution in [0.1, 0.15) is 157 Å². The summed E-state index contributed by atoms with van der Waals surface area (Å²) in [5, 5.41) is 8.69. The number of hydrogen-bond acceptors (Lipinski definition) is 4. The van der Waals surface area contributed by atoms with Crippen LogP contribution in [0.3, 0.4) is 0 Å². The van der Waals surface area contributed by atoms with Crippen LogP contribution in [0.4, 0.5) is 0 Å². The number of hydrogen-bond donors (Lipinski definition) is 2. The molecule has 0 radical (unpaired) electrons. The van der Waals surface area contributed by atoms with Crippen LogP contribution in [0.5, 0.6) is 0 Å². The SMILES string of the molecule is CCCC1CC2NC1CCC1C(CCC)CC3C4CC(CCC)C(CCC5NC2CC5CCC)N4C(CC)=C(CC)N13. The molecule has 5 saturated heterocycles. The Morgan fingerprint density at radius 2 is 0.833 bits per heavy atom. The summed E-state index contributed by atoms with van der Waals surface area (Å²) in [5.74, 6) is 3.51. The molecule has 5 fully saturated rings. The third kappa shape index (κ3) is 5.60. The summed E-state index contributed by atoms with van der Waals surface area (Å²) in [6, 6.07) is 5.86. The van der Waals surface area contributed by atoms with E-state index in [1.165, 1.54) is 116 Å². The van der Waals surface area contributed by atoms with Crippen molar-refractivity contribution < 1.29 is 0 Å². The van der Waals surface area contributed by atoms with Crippen LogP contribution in [-0.4, -0.2) is 58.1 Å². The third-order valence-corrected chi connectivity index (χ3v) is 13.5. The average Bonchev–Trinajstić information content (AvgIpc) is 3.74. The Hall–Kier alpha value is -0.740. The van der Waals surface area contributed by atoms with Crippen molar-refractivity contribution in [2.24, 2.45) is 23.7 Å². The lowest BCUT2D eigenvalue weighted by Gasteiger charge is -2.50. The Kier molecular flexibility index (Phi) is 10.2. The zero-order valence-electron chi connectivity index (χ0n) is 28.6. The summed E-state index contributed by atoms with van der Waals surface area (Å²) in [5.41, 5.74) is 3.53. The van der Waals surface area contributed by atoms with Gasteiger partial charge in [0.15, 0.2) is 0 Å². The Morgan fingerprint density at radius 3 is 1.19 bits per heavy atom. The number of fused-ring (bicyclic) bond motifs is 2. The second-order valence-corrected chi connectivity index (χ2v) is 15.7. The van der Waals surface area contributed by atoms with Crippen LogP contribution in [-0.2, 0) is 0 Å². The van der Waals surface area contributed by atoms with Crippen molar-refractivity contribution in [3.05, 3.63) is 11.4 Å². The summed E-state index contributed by atoms with van der Waals surface area (Å²) >= 11 is 0. The minimum atomic E-state index is 0.688. The van der Waals surface area contributed by atoms with Crippen LogP contribution in [0, 0.1) is 23.7 Å². The van der Waals surface area contributed by atoms with Crippen molar-refractivity contribution in [1.29, 1.82) is 0 Å². The Balaban J connectivity index is 1.40. The largest absolute Gasteiger partial charge is 0.365 e. The monoisotopic (exact) mass is 581 g/mol. The van der Waals surface area contributed by atoms with E-state index < -0.39 is 0 Å². The number of allylic oxidation sites excluding steroid dienone is 2. The maximum Gasteiger partial charge on any atom is 0.0497 e. The summed E-state index contributed by atoms with van der Waals surface area (Å²) in [4.78, 5) is 6.25. The fourth-order valence-electron chi connectivity index (χ4n) is 12.0. The maximum absolute atomic E-state index is 4.34. The fraction of sp³-hybridized carbons (Fsp3) is 0.947. The lowest BCUT2D eigenvalue weighted by molar-refractivity contribution is 0.0828. The topological polar surface area (TPSA) is 30.5 Å². The number of nitrogens with one attached hydrogen (secondary N) is 2. The lowest BCUT2D eigenvalue weighted by Crippen LogP contribution is -2.55. The zero-order chi connectivity index (χ0) is 29.4. The molecule has 7 rings (SSSR count). The van der Waals surface area contributed by atoms with Crippen molar-refractivity contribution >= 4 is 0 Å². The molecule has 4 heteroatoms. The Morgan fingerprint density at radius 1 is 0.452 bits per heavy atom. The molecule has 0 amide bonds. The predicted octanol–water partition coefficient (Wildman–Crippen LogP) is 8.62. The van der Waals surface area contributed by atoms with Crippen molar-refractivity contribution in [1.82, 2.24) is 20.4 Å². The van der Waals surface area contributed by atoms with Gasteiger partial charge >= 0.3 is 0 Å². The third-order valence-electron chi connectivity index (χ3n) is 13.5. The standard InChI is InChI=1S/C38H68N4/c1-7-13-25-21-31-32-22-26(14-8-2)30(40-32)18-20-36-28(16-10-4)24-38-37-23-27(15-9-3)35(19-17-29(25)39-31)41(37)33(11-5)34(12-6)42(36)38/h25-32,35-40H,7-24H2,1-6H3. The molecule has 2 N–H and O–H groups in total. The Bertz CT molecular complexity index is 843. The molecule has 12 unspecified atom stereocenters. The van der Waals surface area contributed by atoms with Crippen molar-refractivity contribution in [3.63, 3.8) is 0 Å². The van der Waals surface area contributed by atoms with Crippen LogP contribution in [0.2, 0.25) is 0 Å². The average molecular weight is 581 g/mol. The molecular formula is C38H68N4. The quantitative estimate of drug-likeness (QED) is 0.271. The molecule has 0 spiro atoms. The maximum atomic E-state index is 4.34. The van der Waals surface area contributed by atoms with Gasteiger partial charge in [0.1, 0.15) is 0 Å². The fourth-order valence-corrected chi connectivity index (χ4v) is 12.0. The Labute approximate surface area is 260 Å². The van der Waals surface area contributed by atoms with Crippen LogP contribution in [0.25, 0.3) is 0 Å². The van der Waals surface area contributed by atoms with Crippen LogP contribution in [0.15, 0.2) is 11.4 Å². The van der Waals surface area contributed by atoms with E-state index in [0.717, 1.165) is 59.9 Å². The molecule has 4 nitrogen and oxygen atoms in total. The van der Waals surface area contributed by atoms with Gasteiger partial charge in [-0.15, -0.1) is 0 Å². The number of rotatable bonds is 10. The highest BCUT2D eigenvalue weighted by Crippen LogP contribution is 2.53. The highest BCUT2D eigenvalue weighted by atomic mass is 15.4. The molecule has 0 aliphatic carbocycles. The predicted molar refractivity (Wildman–Crippen MR) is 178 cm³/mol. The van der Waals surface area contributed by atoms with Gasteiger partial charge < -0.3 is 20.4 Å². The minimum absolute atomic E-state index is 0.688. The van der Waals surface area contributed by atoms with Gasteiger partial charge in [-0.25, -0.2) is 0 Å². The summed E-state index contributed by atoms with van der Waals surface area (Å²) in [6.45, 7) is 14.7. The molecule has 7 aliphatic heterocycles. The van der Waals surface area contributed by atoms with E-state index >= 15 is 0 Å². The van der Waals surface area contributed by atoms with E-state index in [4.69, 9.17) is 0 Å². The lowest BCUT2D eigenvalue weighted by atomic mass is 9.84. The van der Waals surface area contributed by atoms with Crippen LogP contribution >= 0.6 is 0 Å². The smallest absolute Gasteiger partial charge is 0.0497 e. The molecule has 0 saturated carbocycles. The summed E-state index contributed by atoms with van der Waals surface area (Å²) < 4.78 is 0. The first-order chi connectivity index (χ1) is 20.6. The molecule has 42 heavy (non-hydrogen) atoms. The van der Waals surface area contributed by atoms with Crippen LogP contribution < -0.4 is 10.6 Å². The molecule has 0 aromatic heterocycles.